The summed E-state index contributed by atoms with van der Waals surface area (Å²) in [5, 5.41) is 0. The van der Waals surface area contributed by atoms with Gasteiger partial charge in [-0.25, -0.2) is 0 Å². The highest BCUT2D eigenvalue weighted by molar-refractivity contribution is 5.34. The lowest BCUT2D eigenvalue weighted by atomic mass is 10.1. The largest absolute Gasteiger partial charge is 0.380 e. The molecule has 0 heterocycles. The maximum absolute atomic E-state index is 5.22. The van der Waals surface area contributed by atoms with E-state index in [1.165, 1.54) is 0 Å². The first-order valence-electron chi connectivity index (χ1n) is 3.41. The van der Waals surface area contributed by atoms with Crippen LogP contribution in [0, 0.1) is 12.3 Å². The zero-order valence-electron chi connectivity index (χ0n) is 6.50. The molecule has 0 saturated heterocycles. The van der Waals surface area contributed by atoms with Crippen molar-refractivity contribution in [2.45, 2.75) is 6.61 Å². The van der Waals surface area contributed by atoms with Crippen LogP contribution in [0.2, 0.25) is 0 Å². The number of hydrogen-bond acceptors (Lipinski definition) is 1. The molecule has 0 bridgehead atoms. The average Bonchev–Trinajstić information content (AvgIpc) is 2.06. The van der Waals surface area contributed by atoms with Crippen LogP contribution in [-0.2, 0) is 11.3 Å². The molecule has 0 N–H and O–H groups in total. The third-order valence-corrected chi connectivity index (χ3v) is 1.40. The van der Waals surface area contributed by atoms with Gasteiger partial charge in [0.15, 0.2) is 0 Å². The van der Waals surface area contributed by atoms with Gasteiger partial charge in [0.05, 0.1) is 6.61 Å². The highest BCUT2D eigenvalue weighted by Crippen LogP contribution is 2.04. The second kappa shape index (κ2) is 3.80. The predicted octanol–water partition coefficient (Wildman–Crippen LogP) is 1.81. The van der Waals surface area contributed by atoms with Gasteiger partial charge >= 0.3 is 0 Å². The molecule has 0 aliphatic carbocycles. The number of rotatable bonds is 2. The van der Waals surface area contributed by atoms with Gasteiger partial charge in [-0.3, -0.25) is 0 Å². The normalized spacial score (nSPS) is 9.09. The lowest BCUT2D eigenvalue weighted by Crippen LogP contribution is -1.87. The molecule has 0 unspecified atom stereocenters. The lowest BCUT2D eigenvalue weighted by molar-refractivity contribution is 0.185. The molecule has 0 fully saturated rings. The SMILES string of the molecule is C#Cc1cccc(COC)c1. The minimum Gasteiger partial charge on any atom is -0.380 e. The van der Waals surface area contributed by atoms with Crippen LogP contribution in [0.3, 0.4) is 0 Å². The van der Waals surface area contributed by atoms with Crippen molar-refractivity contribution in [2.75, 3.05) is 7.11 Å². The van der Waals surface area contributed by atoms with E-state index < -0.39 is 0 Å². The molecule has 11 heavy (non-hydrogen) atoms. The highest BCUT2D eigenvalue weighted by Gasteiger charge is 1.91. The highest BCUT2D eigenvalue weighted by atomic mass is 16.5. The Hall–Kier alpha value is -1.26. The first kappa shape index (κ1) is 7.84. The summed E-state index contributed by atoms with van der Waals surface area (Å²) in [6.07, 6.45) is 5.22. The van der Waals surface area contributed by atoms with Gasteiger partial charge in [-0.05, 0) is 17.7 Å². The van der Waals surface area contributed by atoms with Crippen molar-refractivity contribution < 1.29 is 4.74 Å². The zero-order valence-corrected chi connectivity index (χ0v) is 6.50. The summed E-state index contributed by atoms with van der Waals surface area (Å²) in [5.74, 6) is 2.57. The number of methoxy groups -OCH3 is 1. The van der Waals surface area contributed by atoms with E-state index in [-0.39, 0.29) is 0 Å². The molecule has 0 saturated carbocycles. The minimum atomic E-state index is 0.621. The Morgan fingerprint density at radius 3 is 3.00 bits per heavy atom. The van der Waals surface area contributed by atoms with E-state index in [1.54, 1.807) is 7.11 Å². The van der Waals surface area contributed by atoms with Gasteiger partial charge in [-0.2, -0.15) is 0 Å². The molecule has 0 radical (unpaired) electrons. The third-order valence-electron chi connectivity index (χ3n) is 1.40. The summed E-state index contributed by atoms with van der Waals surface area (Å²) in [5.41, 5.74) is 2.02. The summed E-state index contributed by atoms with van der Waals surface area (Å²) in [6, 6.07) is 7.77. The average molecular weight is 146 g/mol. The van der Waals surface area contributed by atoms with Crippen molar-refractivity contribution in [1.29, 1.82) is 0 Å². The van der Waals surface area contributed by atoms with Crippen molar-refractivity contribution in [3.8, 4) is 12.3 Å². The number of benzene rings is 1. The molecule has 0 spiro atoms. The smallest absolute Gasteiger partial charge is 0.0713 e. The first-order chi connectivity index (χ1) is 5.36. The van der Waals surface area contributed by atoms with E-state index in [4.69, 9.17) is 11.2 Å². The van der Waals surface area contributed by atoms with Crippen LogP contribution in [0.1, 0.15) is 11.1 Å². The summed E-state index contributed by atoms with van der Waals surface area (Å²) in [7, 11) is 1.67. The summed E-state index contributed by atoms with van der Waals surface area (Å²) in [4.78, 5) is 0. The Labute approximate surface area is 67.0 Å². The van der Waals surface area contributed by atoms with E-state index >= 15 is 0 Å². The molecule has 0 amide bonds. The van der Waals surface area contributed by atoms with Crippen molar-refractivity contribution in [3.05, 3.63) is 35.4 Å². The van der Waals surface area contributed by atoms with Gasteiger partial charge in [0, 0.05) is 12.7 Å². The summed E-state index contributed by atoms with van der Waals surface area (Å²) >= 11 is 0. The van der Waals surface area contributed by atoms with Gasteiger partial charge in [-0.15, -0.1) is 6.42 Å². The molecule has 56 valence electrons. The summed E-state index contributed by atoms with van der Waals surface area (Å²) < 4.78 is 4.96. The van der Waals surface area contributed by atoms with Gasteiger partial charge in [0.25, 0.3) is 0 Å². The lowest BCUT2D eigenvalue weighted by Gasteiger charge is -1.98. The topological polar surface area (TPSA) is 9.23 Å². The van der Waals surface area contributed by atoms with Crippen LogP contribution < -0.4 is 0 Å². The Morgan fingerprint density at radius 1 is 1.55 bits per heavy atom. The molecule has 0 aromatic heterocycles. The van der Waals surface area contributed by atoms with Crippen molar-refractivity contribution in [1.82, 2.24) is 0 Å². The van der Waals surface area contributed by atoms with Crippen LogP contribution in [-0.4, -0.2) is 7.11 Å². The quantitative estimate of drug-likeness (QED) is 0.578. The fraction of sp³-hybridized carbons (Fsp3) is 0.200. The Bertz CT molecular complexity index is 270. The molecule has 1 rings (SSSR count). The molecule has 1 nitrogen and oxygen atoms in total. The van der Waals surface area contributed by atoms with Crippen molar-refractivity contribution in [2.24, 2.45) is 0 Å². The van der Waals surface area contributed by atoms with E-state index in [0.29, 0.717) is 6.61 Å². The monoisotopic (exact) mass is 146 g/mol. The molecule has 1 heteroatoms. The maximum Gasteiger partial charge on any atom is 0.0713 e. The molecule has 0 aliphatic rings. The minimum absolute atomic E-state index is 0.621. The first-order valence-corrected chi connectivity index (χ1v) is 3.41. The second-order valence-electron chi connectivity index (χ2n) is 2.28. The van der Waals surface area contributed by atoms with E-state index in [2.05, 4.69) is 5.92 Å². The predicted molar refractivity (Wildman–Crippen MR) is 45.1 cm³/mol. The molecule has 1 aromatic rings. The third kappa shape index (κ3) is 2.10. The van der Waals surface area contributed by atoms with Gasteiger partial charge < -0.3 is 4.74 Å². The Balaban J connectivity index is 2.85. The Kier molecular flexibility index (Phi) is 2.71. The van der Waals surface area contributed by atoms with E-state index in [9.17, 15) is 0 Å². The van der Waals surface area contributed by atoms with E-state index in [0.717, 1.165) is 11.1 Å². The van der Waals surface area contributed by atoms with Crippen LogP contribution in [0.15, 0.2) is 24.3 Å². The standard InChI is InChI=1S/C10H10O/c1-3-9-5-4-6-10(7-9)8-11-2/h1,4-7H,8H2,2H3. The van der Waals surface area contributed by atoms with Crippen LogP contribution in [0.5, 0.6) is 0 Å². The van der Waals surface area contributed by atoms with Gasteiger partial charge in [-0.1, -0.05) is 18.1 Å². The van der Waals surface area contributed by atoms with Gasteiger partial charge in [0.1, 0.15) is 0 Å². The fourth-order valence-electron chi connectivity index (χ4n) is 0.918. The van der Waals surface area contributed by atoms with Crippen molar-refractivity contribution >= 4 is 0 Å². The molecule has 0 aliphatic heterocycles. The Morgan fingerprint density at radius 2 is 2.36 bits per heavy atom. The van der Waals surface area contributed by atoms with Crippen LogP contribution in [0.25, 0.3) is 0 Å². The number of hydrogen-bond donors (Lipinski definition) is 0. The molecule has 0 atom stereocenters. The van der Waals surface area contributed by atoms with Crippen LogP contribution >= 0.6 is 0 Å². The van der Waals surface area contributed by atoms with E-state index in [1.807, 2.05) is 24.3 Å². The number of terminal acetylenes is 1. The molecular weight excluding hydrogens is 136 g/mol. The zero-order chi connectivity index (χ0) is 8.10. The molecular formula is C10H10O. The van der Waals surface area contributed by atoms with Gasteiger partial charge in [0.2, 0.25) is 0 Å². The fourth-order valence-corrected chi connectivity index (χ4v) is 0.918. The second-order valence-corrected chi connectivity index (χ2v) is 2.28. The molecule has 1 aromatic carbocycles. The summed E-state index contributed by atoms with van der Waals surface area (Å²) in [6.45, 7) is 0.621. The van der Waals surface area contributed by atoms with Crippen molar-refractivity contribution in [3.63, 3.8) is 0 Å². The number of ether oxygens (including phenoxy) is 1. The maximum atomic E-state index is 5.22. The van der Waals surface area contributed by atoms with Crippen LogP contribution in [0.4, 0.5) is 0 Å².